The van der Waals surface area contributed by atoms with Gasteiger partial charge in [-0.1, -0.05) is 60.7 Å². The number of thiazole rings is 1. The number of allylic oxidation sites excluding steroid dienone is 1. The molecular weight excluding hydrogens is 464 g/mol. The second-order valence-corrected chi connectivity index (χ2v) is 9.05. The van der Waals surface area contributed by atoms with Crippen molar-refractivity contribution in [1.29, 1.82) is 0 Å². The average Bonchev–Trinajstić information content (AvgIpc) is 3.17. The molecule has 35 heavy (non-hydrogen) atoms. The molecule has 7 nitrogen and oxygen atoms in total. The first-order valence-electron chi connectivity index (χ1n) is 11.5. The molecule has 8 heteroatoms. The van der Waals surface area contributed by atoms with Gasteiger partial charge in [0.25, 0.3) is 5.56 Å². The van der Waals surface area contributed by atoms with Crippen molar-refractivity contribution in [2.24, 2.45) is 4.99 Å². The van der Waals surface area contributed by atoms with Crippen molar-refractivity contribution in [3.63, 3.8) is 0 Å². The van der Waals surface area contributed by atoms with E-state index in [1.165, 1.54) is 11.3 Å². The summed E-state index contributed by atoms with van der Waals surface area (Å²) >= 11 is 1.31. The van der Waals surface area contributed by atoms with E-state index < -0.39 is 12.0 Å². The molecule has 1 aromatic heterocycles. The molecule has 0 radical (unpaired) electrons. The first-order chi connectivity index (χ1) is 17.0. The fraction of sp³-hybridized carbons (Fsp3) is 0.296. The number of carbonyl (C=O) groups is 1. The maximum Gasteiger partial charge on any atom is 0.338 e. The molecule has 1 unspecified atom stereocenters. The van der Waals surface area contributed by atoms with Crippen molar-refractivity contribution in [3.8, 4) is 5.75 Å². The smallest absolute Gasteiger partial charge is 0.338 e. The van der Waals surface area contributed by atoms with Crippen LogP contribution in [0.4, 0.5) is 0 Å². The van der Waals surface area contributed by atoms with E-state index in [0.717, 1.165) is 23.3 Å². The Kier molecular flexibility index (Phi) is 7.94. The summed E-state index contributed by atoms with van der Waals surface area (Å²) < 4.78 is 18.3. The Balaban J connectivity index is 1.83. The van der Waals surface area contributed by atoms with Gasteiger partial charge in [-0.15, -0.1) is 0 Å². The third-order valence-electron chi connectivity index (χ3n) is 5.53. The van der Waals surface area contributed by atoms with Gasteiger partial charge in [-0.2, -0.15) is 0 Å². The SMILES string of the molecule is CCCOc1ccc(C2C(C(=O)OCCOC)=C(C)N=c3s/c(=C/c4ccccc4)c(=O)n32)cc1. The number of rotatable bonds is 9. The zero-order valence-corrected chi connectivity index (χ0v) is 20.8. The lowest BCUT2D eigenvalue weighted by Crippen LogP contribution is -2.40. The lowest BCUT2D eigenvalue weighted by Gasteiger charge is -2.25. The summed E-state index contributed by atoms with van der Waals surface area (Å²) in [5.41, 5.74) is 2.35. The Morgan fingerprint density at radius 3 is 2.51 bits per heavy atom. The number of hydrogen-bond donors (Lipinski definition) is 0. The van der Waals surface area contributed by atoms with Crippen LogP contribution in [-0.4, -0.2) is 37.5 Å². The van der Waals surface area contributed by atoms with Crippen molar-refractivity contribution in [1.82, 2.24) is 4.57 Å². The highest BCUT2D eigenvalue weighted by molar-refractivity contribution is 7.07. The first-order valence-corrected chi connectivity index (χ1v) is 12.3. The van der Waals surface area contributed by atoms with E-state index >= 15 is 0 Å². The highest BCUT2D eigenvalue weighted by atomic mass is 32.1. The number of esters is 1. The minimum atomic E-state index is -0.667. The molecule has 3 aromatic rings. The molecule has 0 amide bonds. The predicted octanol–water partition coefficient (Wildman–Crippen LogP) is 3.21. The van der Waals surface area contributed by atoms with Crippen LogP contribution in [0, 0.1) is 0 Å². The Hall–Kier alpha value is -3.49. The second kappa shape index (κ2) is 11.3. The number of benzene rings is 2. The molecule has 0 aliphatic carbocycles. The topological polar surface area (TPSA) is 79.1 Å². The van der Waals surface area contributed by atoms with Gasteiger partial charge < -0.3 is 14.2 Å². The monoisotopic (exact) mass is 492 g/mol. The number of aromatic nitrogens is 1. The van der Waals surface area contributed by atoms with Crippen LogP contribution in [-0.2, 0) is 14.3 Å². The van der Waals surface area contributed by atoms with E-state index in [-0.39, 0.29) is 18.8 Å². The fourth-order valence-electron chi connectivity index (χ4n) is 3.86. The summed E-state index contributed by atoms with van der Waals surface area (Å²) in [5.74, 6) is 0.217. The van der Waals surface area contributed by atoms with Crippen LogP contribution < -0.4 is 19.6 Å². The minimum Gasteiger partial charge on any atom is -0.494 e. The van der Waals surface area contributed by atoms with Gasteiger partial charge in [0, 0.05) is 7.11 Å². The van der Waals surface area contributed by atoms with Crippen molar-refractivity contribution in [3.05, 3.63) is 96.7 Å². The highest BCUT2D eigenvalue weighted by Crippen LogP contribution is 2.31. The highest BCUT2D eigenvalue weighted by Gasteiger charge is 2.33. The number of ether oxygens (including phenoxy) is 3. The van der Waals surface area contributed by atoms with E-state index in [1.807, 2.05) is 67.6 Å². The predicted molar refractivity (Wildman–Crippen MR) is 135 cm³/mol. The van der Waals surface area contributed by atoms with Gasteiger partial charge in [0.05, 0.1) is 35.1 Å². The van der Waals surface area contributed by atoms with Gasteiger partial charge in [-0.05, 0) is 42.7 Å². The van der Waals surface area contributed by atoms with Gasteiger partial charge in [-0.25, -0.2) is 9.79 Å². The van der Waals surface area contributed by atoms with E-state index in [4.69, 9.17) is 14.2 Å². The molecule has 4 rings (SSSR count). The fourth-order valence-corrected chi connectivity index (χ4v) is 4.91. The summed E-state index contributed by atoms with van der Waals surface area (Å²) in [7, 11) is 1.54. The van der Waals surface area contributed by atoms with Crippen LogP contribution in [0.5, 0.6) is 5.75 Å². The Bertz CT molecular complexity index is 1390. The molecule has 0 saturated carbocycles. The van der Waals surface area contributed by atoms with E-state index in [9.17, 15) is 9.59 Å². The molecular formula is C27H28N2O5S. The van der Waals surface area contributed by atoms with Crippen LogP contribution in [0.2, 0.25) is 0 Å². The molecule has 2 aromatic carbocycles. The molecule has 2 heterocycles. The van der Waals surface area contributed by atoms with Crippen molar-refractivity contribution >= 4 is 23.4 Å². The molecule has 1 aliphatic heterocycles. The summed E-state index contributed by atoms with van der Waals surface area (Å²) in [6, 6.07) is 16.5. The summed E-state index contributed by atoms with van der Waals surface area (Å²) in [5, 5.41) is 0. The zero-order valence-electron chi connectivity index (χ0n) is 20.0. The first kappa shape index (κ1) is 24.6. The van der Waals surface area contributed by atoms with E-state index in [2.05, 4.69) is 4.99 Å². The van der Waals surface area contributed by atoms with Gasteiger partial charge in [0.15, 0.2) is 4.80 Å². The molecule has 0 N–H and O–H groups in total. The van der Waals surface area contributed by atoms with Gasteiger partial charge in [0.1, 0.15) is 12.4 Å². The summed E-state index contributed by atoms with van der Waals surface area (Å²) in [6.07, 6.45) is 2.75. The van der Waals surface area contributed by atoms with E-state index in [1.54, 1.807) is 18.6 Å². The minimum absolute atomic E-state index is 0.112. The lowest BCUT2D eigenvalue weighted by molar-refractivity contribution is -0.140. The molecule has 0 spiro atoms. The number of methoxy groups -OCH3 is 1. The van der Waals surface area contributed by atoms with E-state index in [0.29, 0.717) is 27.2 Å². The van der Waals surface area contributed by atoms with Crippen LogP contribution in [0.25, 0.3) is 6.08 Å². The van der Waals surface area contributed by atoms with Crippen molar-refractivity contribution in [2.75, 3.05) is 26.9 Å². The summed E-state index contributed by atoms with van der Waals surface area (Å²) in [4.78, 5) is 31.9. The van der Waals surface area contributed by atoms with Crippen LogP contribution in [0.1, 0.15) is 37.4 Å². The van der Waals surface area contributed by atoms with Gasteiger partial charge in [0.2, 0.25) is 0 Å². The molecule has 182 valence electrons. The van der Waals surface area contributed by atoms with Crippen LogP contribution in [0.15, 0.2) is 75.7 Å². The standard InChI is InChI=1S/C27H28N2O5S/c1-4-14-33-21-12-10-20(11-13-21)24-23(26(31)34-16-15-32-3)18(2)28-27-29(24)25(30)22(35-27)17-19-8-6-5-7-9-19/h5-13,17,24H,4,14-16H2,1-3H3/b22-17+. The van der Waals surface area contributed by atoms with Crippen LogP contribution >= 0.6 is 11.3 Å². The number of fused-ring (bicyclic) bond motifs is 1. The third-order valence-corrected chi connectivity index (χ3v) is 6.51. The largest absolute Gasteiger partial charge is 0.494 e. The molecule has 1 aliphatic rings. The van der Waals surface area contributed by atoms with Crippen molar-refractivity contribution < 1.29 is 19.0 Å². The van der Waals surface area contributed by atoms with Gasteiger partial charge >= 0.3 is 5.97 Å². The second-order valence-electron chi connectivity index (χ2n) is 8.04. The Morgan fingerprint density at radius 1 is 1.09 bits per heavy atom. The molecule has 1 atom stereocenters. The molecule has 0 bridgehead atoms. The maximum atomic E-state index is 13.6. The Morgan fingerprint density at radius 2 is 1.83 bits per heavy atom. The average molecular weight is 493 g/mol. The van der Waals surface area contributed by atoms with Gasteiger partial charge in [-0.3, -0.25) is 9.36 Å². The van der Waals surface area contributed by atoms with Crippen LogP contribution in [0.3, 0.4) is 0 Å². The summed E-state index contributed by atoms with van der Waals surface area (Å²) in [6.45, 7) is 4.82. The lowest BCUT2D eigenvalue weighted by atomic mass is 9.96. The van der Waals surface area contributed by atoms with Crippen molar-refractivity contribution in [2.45, 2.75) is 26.3 Å². The molecule has 0 saturated heterocycles. The normalized spacial score (nSPS) is 15.5. The number of nitrogens with zero attached hydrogens (tertiary/aromatic N) is 2. The molecule has 0 fully saturated rings. The quantitative estimate of drug-likeness (QED) is 0.339. The zero-order chi connectivity index (χ0) is 24.8. The Labute approximate surface area is 207 Å². The number of carbonyl (C=O) groups excluding carboxylic acids is 1. The number of hydrogen-bond acceptors (Lipinski definition) is 7. The third kappa shape index (κ3) is 5.44. The maximum absolute atomic E-state index is 13.6.